The van der Waals surface area contributed by atoms with E-state index >= 15 is 0 Å². The predicted octanol–water partition coefficient (Wildman–Crippen LogP) is 1.19. The summed E-state index contributed by atoms with van der Waals surface area (Å²) < 4.78 is 11.6. The van der Waals surface area contributed by atoms with Gasteiger partial charge in [0.15, 0.2) is 0 Å². The van der Waals surface area contributed by atoms with Gasteiger partial charge in [0.1, 0.15) is 0 Å². The molecule has 5 nitrogen and oxygen atoms in total. The van der Waals surface area contributed by atoms with Gasteiger partial charge in [-0.3, -0.25) is 14.3 Å². The van der Waals surface area contributed by atoms with Gasteiger partial charge in [-0.2, -0.15) is 0 Å². The number of nitrogens with two attached hydrogens (primary N) is 1. The highest BCUT2D eigenvalue weighted by Crippen LogP contribution is 2.19. The van der Waals surface area contributed by atoms with Gasteiger partial charge in [-0.05, 0) is 6.92 Å². The molecule has 0 heterocycles. The maximum absolute atomic E-state index is 11.6. The average molecular weight is 242 g/mol. The Morgan fingerprint density at radius 2 is 2.12 bits per heavy atom. The SMILES string of the molecule is CC(N)CS(=O)Cc1ccccc1[N+](=O)[O-]. The summed E-state index contributed by atoms with van der Waals surface area (Å²) in [4.78, 5) is 10.2. The van der Waals surface area contributed by atoms with Gasteiger partial charge >= 0.3 is 0 Å². The zero-order valence-corrected chi connectivity index (χ0v) is 9.78. The Morgan fingerprint density at radius 1 is 1.50 bits per heavy atom. The van der Waals surface area contributed by atoms with E-state index in [0.717, 1.165) is 0 Å². The van der Waals surface area contributed by atoms with Gasteiger partial charge in [0.25, 0.3) is 5.69 Å². The maximum atomic E-state index is 11.6. The van der Waals surface area contributed by atoms with Gasteiger partial charge < -0.3 is 5.73 Å². The van der Waals surface area contributed by atoms with Crippen molar-refractivity contribution in [2.45, 2.75) is 18.7 Å². The molecule has 1 aromatic rings. The molecule has 0 saturated carbocycles. The lowest BCUT2D eigenvalue weighted by molar-refractivity contribution is -0.385. The summed E-state index contributed by atoms with van der Waals surface area (Å²) in [6, 6.07) is 6.17. The second-order valence-electron chi connectivity index (χ2n) is 3.61. The molecule has 0 aliphatic rings. The van der Waals surface area contributed by atoms with E-state index in [0.29, 0.717) is 11.3 Å². The van der Waals surface area contributed by atoms with E-state index in [4.69, 9.17) is 5.73 Å². The topological polar surface area (TPSA) is 86.2 Å². The first-order valence-electron chi connectivity index (χ1n) is 4.83. The largest absolute Gasteiger partial charge is 0.327 e. The Labute approximate surface area is 96.3 Å². The zero-order valence-electron chi connectivity index (χ0n) is 8.96. The molecule has 0 bridgehead atoms. The smallest absolute Gasteiger partial charge is 0.273 e. The lowest BCUT2D eigenvalue weighted by Crippen LogP contribution is -2.23. The molecule has 1 rings (SSSR count). The van der Waals surface area contributed by atoms with Crippen LogP contribution in [-0.2, 0) is 16.6 Å². The summed E-state index contributed by atoms with van der Waals surface area (Å²) >= 11 is 0. The quantitative estimate of drug-likeness (QED) is 0.620. The van der Waals surface area contributed by atoms with Crippen molar-refractivity contribution in [3.63, 3.8) is 0 Å². The Balaban J connectivity index is 2.81. The maximum Gasteiger partial charge on any atom is 0.273 e. The summed E-state index contributed by atoms with van der Waals surface area (Å²) in [5.41, 5.74) is 6.02. The summed E-state index contributed by atoms with van der Waals surface area (Å²) in [6.07, 6.45) is 0. The van der Waals surface area contributed by atoms with E-state index in [1.54, 1.807) is 25.1 Å². The van der Waals surface area contributed by atoms with Crippen molar-refractivity contribution in [1.82, 2.24) is 0 Å². The molecule has 0 fully saturated rings. The predicted molar refractivity (Wildman–Crippen MR) is 63.5 cm³/mol. The fraction of sp³-hybridized carbons (Fsp3) is 0.400. The van der Waals surface area contributed by atoms with E-state index in [-0.39, 0.29) is 17.5 Å². The highest BCUT2D eigenvalue weighted by atomic mass is 32.2. The Hall–Kier alpha value is -1.27. The fourth-order valence-corrected chi connectivity index (χ4v) is 2.63. The fourth-order valence-electron chi connectivity index (χ4n) is 1.34. The van der Waals surface area contributed by atoms with Crippen molar-refractivity contribution in [3.05, 3.63) is 39.9 Å². The first-order valence-corrected chi connectivity index (χ1v) is 6.32. The molecule has 0 aliphatic carbocycles. The molecule has 0 spiro atoms. The van der Waals surface area contributed by atoms with Gasteiger partial charge in [0.05, 0.1) is 10.7 Å². The van der Waals surface area contributed by atoms with Gasteiger partial charge in [0.2, 0.25) is 0 Å². The first-order chi connectivity index (χ1) is 7.50. The molecule has 0 amide bonds. The molecule has 0 radical (unpaired) electrons. The van der Waals surface area contributed by atoms with Gasteiger partial charge in [-0.1, -0.05) is 18.2 Å². The molecule has 88 valence electrons. The molecule has 2 unspecified atom stereocenters. The molecule has 0 aromatic heterocycles. The van der Waals surface area contributed by atoms with Crippen molar-refractivity contribution in [3.8, 4) is 0 Å². The van der Waals surface area contributed by atoms with Crippen LogP contribution in [0.25, 0.3) is 0 Å². The van der Waals surface area contributed by atoms with Crippen LogP contribution in [-0.4, -0.2) is 20.9 Å². The number of nitrogens with zero attached hydrogens (tertiary/aromatic N) is 1. The summed E-state index contributed by atoms with van der Waals surface area (Å²) in [5.74, 6) is 0.532. The summed E-state index contributed by atoms with van der Waals surface area (Å²) in [6.45, 7) is 1.76. The number of nitro groups is 1. The molecule has 0 saturated heterocycles. The minimum atomic E-state index is -1.16. The molecule has 16 heavy (non-hydrogen) atoms. The van der Waals surface area contributed by atoms with Crippen LogP contribution in [0.5, 0.6) is 0 Å². The summed E-state index contributed by atoms with van der Waals surface area (Å²) in [7, 11) is -1.16. The van der Waals surface area contributed by atoms with Crippen LogP contribution in [0.3, 0.4) is 0 Å². The van der Waals surface area contributed by atoms with E-state index in [9.17, 15) is 14.3 Å². The first kappa shape index (κ1) is 12.8. The van der Waals surface area contributed by atoms with Crippen LogP contribution in [0.4, 0.5) is 5.69 Å². The highest BCUT2D eigenvalue weighted by molar-refractivity contribution is 7.84. The minimum Gasteiger partial charge on any atom is -0.327 e. The monoisotopic (exact) mass is 242 g/mol. The van der Waals surface area contributed by atoms with Crippen molar-refractivity contribution < 1.29 is 9.13 Å². The standard InChI is InChI=1S/C10H14N2O3S/c1-8(11)6-16(15)7-9-4-2-3-5-10(9)12(13)14/h2-5,8H,6-7,11H2,1H3. The van der Waals surface area contributed by atoms with Crippen LogP contribution < -0.4 is 5.73 Å². The third-order valence-corrected chi connectivity index (χ3v) is 3.48. The van der Waals surface area contributed by atoms with Crippen molar-refractivity contribution in [1.29, 1.82) is 0 Å². The van der Waals surface area contributed by atoms with Crippen LogP contribution in [0.2, 0.25) is 0 Å². The minimum absolute atomic E-state index is 0.0144. The van der Waals surface area contributed by atoms with Crippen molar-refractivity contribution in [2.24, 2.45) is 5.73 Å². The van der Waals surface area contributed by atoms with Crippen molar-refractivity contribution >= 4 is 16.5 Å². The number of hydrogen-bond acceptors (Lipinski definition) is 4. The molecular formula is C10H14N2O3S. The second kappa shape index (κ2) is 5.72. The molecule has 0 aliphatic heterocycles. The van der Waals surface area contributed by atoms with Gasteiger partial charge in [0, 0.05) is 34.2 Å². The Morgan fingerprint density at radius 3 is 2.69 bits per heavy atom. The van der Waals surface area contributed by atoms with Gasteiger partial charge in [-0.25, -0.2) is 0 Å². The Kier molecular flexibility index (Phi) is 4.57. The van der Waals surface area contributed by atoms with Gasteiger partial charge in [-0.15, -0.1) is 0 Å². The molecular weight excluding hydrogens is 228 g/mol. The van der Waals surface area contributed by atoms with E-state index in [1.165, 1.54) is 6.07 Å². The van der Waals surface area contributed by atoms with Crippen LogP contribution >= 0.6 is 0 Å². The van der Waals surface area contributed by atoms with Crippen molar-refractivity contribution in [2.75, 3.05) is 5.75 Å². The number of para-hydroxylation sites is 1. The average Bonchev–Trinajstić information content (AvgIpc) is 2.16. The van der Waals surface area contributed by atoms with Crippen LogP contribution in [0.1, 0.15) is 12.5 Å². The Bertz CT molecular complexity index is 407. The lowest BCUT2D eigenvalue weighted by Gasteiger charge is -2.05. The van der Waals surface area contributed by atoms with E-state index < -0.39 is 15.7 Å². The number of rotatable bonds is 5. The van der Waals surface area contributed by atoms with E-state index in [2.05, 4.69) is 0 Å². The highest BCUT2D eigenvalue weighted by Gasteiger charge is 2.15. The van der Waals surface area contributed by atoms with E-state index in [1.807, 2.05) is 0 Å². The normalized spacial score (nSPS) is 14.4. The number of nitro benzene ring substituents is 1. The number of benzene rings is 1. The third-order valence-electron chi connectivity index (χ3n) is 1.95. The third kappa shape index (κ3) is 3.71. The number of hydrogen-bond donors (Lipinski definition) is 1. The molecule has 2 atom stereocenters. The second-order valence-corrected chi connectivity index (χ2v) is 5.12. The van der Waals surface area contributed by atoms with Crippen LogP contribution in [0.15, 0.2) is 24.3 Å². The molecule has 1 aromatic carbocycles. The molecule has 6 heteroatoms. The zero-order chi connectivity index (χ0) is 12.1. The molecule has 2 N–H and O–H groups in total. The lowest BCUT2D eigenvalue weighted by atomic mass is 10.2. The van der Waals surface area contributed by atoms with Crippen LogP contribution in [0, 0.1) is 10.1 Å². The summed E-state index contributed by atoms with van der Waals surface area (Å²) in [5, 5.41) is 10.7.